The average molecular weight is 493 g/mol. The van der Waals surface area contributed by atoms with E-state index < -0.39 is 0 Å². The zero-order valence-electron chi connectivity index (χ0n) is 23.0. The highest BCUT2D eigenvalue weighted by atomic mass is 16.5. The lowest BCUT2D eigenvalue weighted by atomic mass is 9.98. The average Bonchev–Trinajstić information content (AvgIpc) is 3.34. The molecule has 6 heteroatoms. The molecular weight excluding hydrogens is 448 g/mol. The highest BCUT2D eigenvalue weighted by Crippen LogP contribution is 2.27. The van der Waals surface area contributed by atoms with Crippen molar-refractivity contribution in [3.05, 3.63) is 97.3 Å². The Morgan fingerprint density at radius 2 is 1.83 bits per heavy atom. The molecule has 0 saturated carbocycles. The van der Waals surface area contributed by atoms with Crippen LogP contribution in [0.2, 0.25) is 0 Å². The van der Waals surface area contributed by atoms with Gasteiger partial charge in [-0.3, -0.25) is 4.79 Å². The Morgan fingerprint density at radius 3 is 2.47 bits per heavy atom. The summed E-state index contributed by atoms with van der Waals surface area (Å²) < 4.78 is 8.03. The molecule has 1 amide bonds. The Kier molecular flexibility index (Phi) is 16.8. The van der Waals surface area contributed by atoms with E-state index in [9.17, 15) is 4.79 Å². The van der Waals surface area contributed by atoms with E-state index in [0.717, 1.165) is 22.4 Å². The van der Waals surface area contributed by atoms with Crippen molar-refractivity contribution in [2.45, 2.75) is 54.6 Å². The first-order valence-corrected chi connectivity index (χ1v) is 12.5. The third kappa shape index (κ3) is 9.92. The van der Waals surface area contributed by atoms with E-state index in [1.165, 1.54) is 0 Å². The van der Waals surface area contributed by atoms with Crippen LogP contribution in [0, 0.1) is 0 Å². The Hall–Kier alpha value is -3.64. The molecule has 3 rings (SSSR count). The minimum Gasteiger partial charge on any atom is -0.458 e. The van der Waals surface area contributed by atoms with Gasteiger partial charge in [-0.1, -0.05) is 59.1 Å². The molecule has 0 radical (unpaired) electrons. The van der Waals surface area contributed by atoms with Gasteiger partial charge in [0.05, 0.1) is 12.0 Å². The van der Waals surface area contributed by atoms with Crippen molar-refractivity contribution in [1.29, 1.82) is 0 Å². The third-order valence-electron chi connectivity index (χ3n) is 4.84. The maximum absolute atomic E-state index is 12.8. The summed E-state index contributed by atoms with van der Waals surface area (Å²) in [5.74, 6) is 1.01. The van der Waals surface area contributed by atoms with Crippen molar-refractivity contribution in [3.63, 3.8) is 0 Å². The lowest BCUT2D eigenvalue weighted by Crippen LogP contribution is -2.32. The van der Waals surface area contributed by atoms with Crippen LogP contribution in [0.1, 0.15) is 58.4 Å². The normalized spacial score (nSPS) is 16.4. The number of aromatic nitrogens is 2. The molecular formula is C30H44N4O2. The SMILES string of the molecule is C=C.C=Cc1ccc2cc1/C(=C\C)C(=O)NCCNCc1cncn1C/C(C)=C/C(=C)O2.CC.CC. The Morgan fingerprint density at radius 1 is 1.14 bits per heavy atom. The summed E-state index contributed by atoms with van der Waals surface area (Å²) in [6, 6.07) is 5.60. The van der Waals surface area contributed by atoms with Crippen LogP contribution < -0.4 is 15.4 Å². The van der Waals surface area contributed by atoms with Gasteiger partial charge in [0.25, 0.3) is 5.91 Å². The Labute approximate surface area is 218 Å². The number of nitrogens with one attached hydrogen (secondary N) is 2. The molecule has 0 aliphatic carbocycles. The fourth-order valence-corrected chi connectivity index (χ4v) is 3.40. The van der Waals surface area contributed by atoms with Crippen molar-refractivity contribution in [3.8, 4) is 5.75 Å². The fraction of sp³-hybridized carbons (Fsp3) is 0.333. The van der Waals surface area contributed by atoms with Crippen LogP contribution in [0.15, 0.2) is 80.5 Å². The molecule has 1 aliphatic rings. The minimum atomic E-state index is -0.136. The zero-order valence-corrected chi connectivity index (χ0v) is 23.0. The van der Waals surface area contributed by atoms with E-state index in [0.29, 0.717) is 43.3 Å². The monoisotopic (exact) mass is 492 g/mol. The lowest BCUT2D eigenvalue weighted by Gasteiger charge is -2.14. The molecule has 2 N–H and O–H groups in total. The molecule has 196 valence electrons. The van der Waals surface area contributed by atoms with Crippen LogP contribution in [0.25, 0.3) is 11.6 Å². The second-order valence-electron chi connectivity index (χ2n) is 7.16. The predicted molar refractivity (Wildman–Crippen MR) is 155 cm³/mol. The molecule has 0 saturated heterocycles. The van der Waals surface area contributed by atoms with Gasteiger partial charge in [0.2, 0.25) is 0 Å². The van der Waals surface area contributed by atoms with Gasteiger partial charge in [-0.15, -0.1) is 13.2 Å². The molecule has 1 aliphatic heterocycles. The number of benzene rings is 1. The predicted octanol–water partition coefficient (Wildman–Crippen LogP) is 6.54. The van der Waals surface area contributed by atoms with Gasteiger partial charge in [0.1, 0.15) is 11.5 Å². The first-order chi connectivity index (χ1) is 17.5. The maximum atomic E-state index is 12.8. The summed E-state index contributed by atoms with van der Waals surface area (Å²) in [5, 5.41) is 6.33. The number of hydrogen-bond acceptors (Lipinski definition) is 4. The molecule has 0 atom stereocenters. The molecule has 6 nitrogen and oxygen atoms in total. The maximum Gasteiger partial charge on any atom is 0.251 e. The number of imidazole rings is 1. The molecule has 2 heterocycles. The number of amides is 1. The largest absolute Gasteiger partial charge is 0.458 e. The second kappa shape index (κ2) is 18.7. The van der Waals surface area contributed by atoms with Gasteiger partial charge < -0.3 is 19.9 Å². The smallest absolute Gasteiger partial charge is 0.251 e. The van der Waals surface area contributed by atoms with Gasteiger partial charge in [0.15, 0.2) is 0 Å². The molecule has 2 aromatic rings. The van der Waals surface area contributed by atoms with Gasteiger partial charge in [-0.25, -0.2) is 4.98 Å². The van der Waals surface area contributed by atoms with Crippen LogP contribution in [-0.4, -0.2) is 28.5 Å². The summed E-state index contributed by atoms with van der Waals surface area (Å²) in [6.07, 6.45) is 9.12. The number of ether oxygens (including phenoxy) is 1. The third-order valence-corrected chi connectivity index (χ3v) is 4.84. The highest BCUT2D eigenvalue weighted by molar-refractivity contribution is 6.20. The standard InChI is InChI=1S/C24H28N4O2.2C2H6.C2H4/c1-5-19-7-8-21-12-23(19)22(6-2)24(29)27-10-9-25-13-20-14-26-16-28(20)15-17(3)11-18(4)30-21;3*1-2/h5-8,11-12,14,16,25H,1,4,9-10,13,15H2,2-3H3,(H,27,29);2*1-2H3;1-2H2/b17-11+,22-6+;;;. The van der Waals surface area contributed by atoms with E-state index in [2.05, 4.69) is 46.5 Å². The number of carbonyl (C=O) groups is 1. The lowest BCUT2D eigenvalue weighted by molar-refractivity contribution is -0.115. The molecule has 2 bridgehead atoms. The topological polar surface area (TPSA) is 68.2 Å². The number of allylic oxidation sites excluding steroid dienone is 3. The van der Waals surface area contributed by atoms with Crippen LogP contribution in [-0.2, 0) is 17.9 Å². The Balaban J connectivity index is 0.00000190. The van der Waals surface area contributed by atoms with Gasteiger partial charge in [0, 0.05) is 37.9 Å². The number of hydrogen-bond donors (Lipinski definition) is 2. The van der Waals surface area contributed by atoms with E-state index in [4.69, 9.17) is 4.74 Å². The van der Waals surface area contributed by atoms with Crippen molar-refractivity contribution in [1.82, 2.24) is 20.2 Å². The van der Waals surface area contributed by atoms with Gasteiger partial charge in [-0.05, 0) is 48.8 Å². The summed E-state index contributed by atoms with van der Waals surface area (Å²) in [6.45, 7) is 28.3. The number of rotatable bonds is 1. The van der Waals surface area contributed by atoms with Crippen LogP contribution >= 0.6 is 0 Å². The first-order valence-electron chi connectivity index (χ1n) is 12.5. The highest BCUT2D eigenvalue weighted by Gasteiger charge is 2.15. The minimum absolute atomic E-state index is 0.136. The van der Waals surface area contributed by atoms with Gasteiger partial charge in [-0.2, -0.15) is 0 Å². The van der Waals surface area contributed by atoms with Crippen molar-refractivity contribution >= 4 is 17.6 Å². The molecule has 0 unspecified atom stereocenters. The van der Waals surface area contributed by atoms with E-state index >= 15 is 0 Å². The molecule has 36 heavy (non-hydrogen) atoms. The molecule has 1 aromatic carbocycles. The summed E-state index contributed by atoms with van der Waals surface area (Å²) in [7, 11) is 0. The second-order valence-corrected chi connectivity index (χ2v) is 7.16. The molecule has 0 spiro atoms. The number of fused-ring (bicyclic) bond motifs is 3. The van der Waals surface area contributed by atoms with Crippen molar-refractivity contribution in [2.75, 3.05) is 13.1 Å². The summed E-state index contributed by atoms with van der Waals surface area (Å²) in [5.41, 5.74) is 4.38. The fourth-order valence-electron chi connectivity index (χ4n) is 3.40. The van der Waals surface area contributed by atoms with Crippen molar-refractivity contribution in [2.24, 2.45) is 0 Å². The molecule has 0 fully saturated rings. The van der Waals surface area contributed by atoms with Crippen molar-refractivity contribution < 1.29 is 9.53 Å². The molecule has 1 aromatic heterocycles. The van der Waals surface area contributed by atoms with Gasteiger partial charge >= 0.3 is 0 Å². The quantitative estimate of drug-likeness (QED) is 0.350. The van der Waals surface area contributed by atoms with E-state index in [1.54, 1.807) is 12.2 Å². The van der Waals surface area contributed by atoms with Crippen LogP contribution in [0.4, 0.5) is 0 Å². The number of carbonyl (C=O) groups excluding carboxylic acids is 1. The summed E-state index contributed by atoms with van der Waals surface area (Å²) >= 11 is 0. The first kappa shape index (κ1) is 32.4. The zero-order chi connectivity index (χ0) is 27.5. The van der Waals surface area contributed by atoms with Crippen LogP contribution in [0.5, 0.6) is 5.75 Å². The summed E-state index contributed by atoms with van der Waals surface area (Å²) in [4.78, 5) is 17.1. The number of nitrogens with zero attached hydrogens (tertiary/aromatic N) is 2. The van der Waals surface area contributed by atoms with E-state index in [1.807, 2.05) is 78.3 Å². The van der Waals surface area contributed by atoms with E-state index in [-0.39, 0.29) is 5.91 Å². The Bertz CT molecular complexity index is 1030. The van der Waals surface area contributed by atoms with Crippen LogP contribution in [0.3, 0.4) is 0 Å².